The third-order valence-electron chi connectivity index (χ3n) is 6.64. The van der Waals surface area contributed by atoms with E-state index >= 15 is 0 Å². The number of nitrogens with two attached hydrogens (primary N) is 2. The van der Waals surface area contributed by atoms with Crippen molar-refractivity contribution in [2.75, 3.05) is 26.4 Å². The molecule has 0 spiro atoms. The number of amides is 1. The van der Waals surface area contributed by atoms with Crippen molar-refractivity contribution in [2.24, 2.45) is 10.7 Å². The number of nitrogens with zero attached hydrogens (tertiary/aromatic N) is 3. The summed E-state index contributed by atoms with van der Waals surface area (Å²) in [5.74, 6) is 0.417. The number of carbonyl (C=O) groups is 1. The summed E-state index contributed by atoms with van der Waals surface area (Å²) in [6.45, 7) is 2.76. The Kier molecular flexibility index (Phi) is 8.45. The van der Waals surface area contributed by atoms with Gasteiger partial charge in [0.1, 0.15) is 12.4 Å². The summed E-state index contributed by atoms with van der Waals surface area (Å²) in [5, 5.41) is 3.48. The highest BCUT2D eigenvalue weighted by molar-refractivity contribution is 6.13. The van der Waals surface area contributed by atoms with Gasteiger partial charge in [-0.05, 0) is 56.0 Å². The second-order valence-electron chi connectivity index (χ2n) is 9.85. The second-order valence-corrected chi connectivity index (χ2v) is 9.85. The van der Waals surface area contributed by atoms with Gasteiger partial charge in [0.15, 0.2) is 11.6 Å². The van der Waals surface area contributed by atoms with Gasteiger partial charge in [0.2, 0.25) is 6.41 Å². The van der Waals surface area contributed by atoms with E-state index in [0.29, 0.717) is 24.4 Å². The molecule has 3 heterocycles. The molecule has 2 bridgehead atoms. The summed E-state index contributed by atoms with van der Waals surface area (Å²) >= 11 is 0. The summed E-state index contributed by atoms with van der Waals surface area (Å²) in [6.07, 6.45) is 10.6. The lowest BCUT2D eigenvalue weighted by atomic mass is 9.89. The molecule has 2 aromatic rings. The Morgan fingerprint density at radius 2 is 2.05 bits per heavy atom. The predicted octanol–water partition coefficient (Wildman–Crippen LogP) is 3.93. The lowest BCUT2D eigenvalue weighted by molar-refractivity contribution is -0.115. The first-order valence-corrected chi connectivity index (χ1v) is 12.7. The Hall–Kier alpha value is -4.14. The average molecular weight is 519 g/mol. The number of aliphatic imine (C=N–C) groups is 1. The van der Waals surface area contributed by atoms with Crippen LogP contribution in [0.25, 0.3) is 5.70 Å². The monoisotopic (exact) mass is 518 g/mol. The number of dihydropyridines is 1. The summed E-state index contributed by atoms with van der Waals surface area (Å²) in [4.78, 5) is 20.3. The number of anilines is 1. The Morgan fingerprint density at radius 3 is 2.71 bits per heavy atom. The van der Waals surface area contributed by atoms with E-state index in [9.17, 15) is 9.18 Å². The van der Waals surface area contributed by atoms with Crippen molar-refractivity contribution < 1.29 is 13.9 Å². The van der Waals surface area contributed by atoms with Gasteiger partial charge >= 0.3 is 0 Å². The van der Waals surface area contributed by atoms with Crippen LogP contribution in [-0.4, -0.2) is 48.7 Å². The number of aromatic nitrogens is 1. The molecule has 9 heteroatoms. The third-order valence-corrected chi connectivity index (χ3v) is 6.64. The highest BCUT2D eigenvalue weighted by Crippen LogP contribution is 2.34. The third kappa shape index (κ3) is 6.22. The van der Waals surface area contributed by atoms with E-state index in [-0.39, 0.29) is 24.3 Å². The van der Waals surface area contributed by atoms with E-state index < -0.39 is 0 Å². The number of ether oxygens (including phenoxy) is 1. The van der Waals surface area contributed by atoms with Gasteiger partial charge in [-0.25, -0.2) is 9.37 Å². The van der Waals surface area contributed by atoms with Crippen molar-refractivity contribution in [3.05, 3.63) is 82.0 Å². The second kappa shape index (κ2) is 11.9. The largest absolute Gasteiger partial charge is 0.485 e. The van der Waals surface area contributed by atoms with Gasteiger partial charge in [-0.1, -0.05) is 12.2 Å². The smallest absolute Gasteiger partial charge is 0.209 e. The van der Waals surface area contributed by atoms with Crippen LogP contribution >= 0.6 is 0 Å². The molecule has 2 aliphatic heterocycles. The summed E-state index contributed by atoms with van der Waals surface area (Å²) in [6, 6.07) is 6.92. The molecule has 3 aliphatic rings. The zero-order chi connectivity index (χ0) is 27.2. The fraction of sp³-hybridized carbons (Fsp3) is 0.345. The molecule has 5 rings (SSSR count). The van der Waals surface area contributed by atoms with Crippen molar-refractivity contribution >= 4 is 23.6 Å². The van der Waals surface area contributed by atoms with Crippen molar-refractivity contribution in [3.8, 4) is 5.75 Å². The maximum absolute atomic E-state index is 14.2. The fourth-order valence-corrected chi connectivity index (χ4v) is 4.38. The van der Waals surface area contributed by atoms with Gasteiger partial charge in [0.05, 0.1) is 11.8 Å². The van der Waals surface area contributed by atoms with Crippen molar-refractivity contribution in [3.63, 3.8) is 0 Å². The highest BCUT2D eigenvalue weighted by Gasteiger charge is 2.24. The lowest BCUT2D eigenvalue weighted by Crippen LogP contribution is -2.23. The molecule has 0 atom stereocenters. The average Bonchev–Trinajstić information content (AvgIpc) is 2.87. The summed E-state index contributed by atoms with van der Waals surface area (Å²) in [7, 11) is 3.38. The summed E-state index contributed by atoms with van der Waals surface area (Å²) < 4.78 is 20.2. The minimum Gasteiger partial charge on any atom is -0.485 e. The number of halogens is 1. The number of nitrogen functional groups attached to an aromatic ring is 1. The van der Waals surface area contributed by atoms with Crippen LogP contribution < -0.4 is 21.5 Å². The number of rotatable bonds is 2. The number of pyridine rings is 1. The van der Waals surface area contributed by atoms with Crippen molar-refractivity contribution in [2.45, 2.75) is 45.3 Å². The number of allylic oxidation sites excluding steroid dienone is 4. The van der Waals surface area contributed by atoms with Gasteiger partial charge in [0, 0.05) is 66.9 Å². The van der Waals surface area contributed by atoms with Crippen LogP contribution in [0.2, 0.25) is 0 Å². The number of nitrogens with one attached hydrogen (secondary N) is 1. The summed E-state index contributed by atoms with van der Waals surface area (Å²) in [5.41, 5.74) is 19.5. The van der Waals surface area contributed by atoms with Gasteiger partial charge < -0.3 is 26.4 Å². The van der Waals surface area contributed by atoms with Crippen LogP contribution in [0.3, 0.4) is 0 Å². The first-order chi connectivity index (χ1) is 18.3. The van der Waals surface area contributed by atoms with Crippen LogP contribution in [-0.2, 0) is 11.4 Å². The molecule has 1 aromatic carbocycles. The number of carbonyl (C=O) groups excluding carboxylic acids is 1. The molecule has 5 N–H and O–H groups in total. The maximum Gasteiger partial charge on any atom is 0.209 e. The predicted molar refractivity (Wildman–Crippen MR) is 149 cm³/mol. The molecule has 0 radical (unpaired) electrons. The van der Waals surface area contributed by atoms with E-state index in [2.05, 4.69) is 22.5 Å². The van der Waals surface area contributed by atoms with E-state index in [1.54, 1.807) is 26.4 Å². The molecule has 1 fully saturated rings. The van der Waals surface area contributed by atoms with Gasteiger partial charge in [-0.3, -0.25) is 9.79 Å². The fourth-order valence-electron chi connectivity index (χ4n) is 4.38. The Morgan fingerprint density at radius 1 is 1.29 bits per heavy atom. The van der Waals surface area contributed by atoms with Crippen molar-refractivity contribution in [1.29, 1.82) is 0 Å². The minimum atomic E-state index is -0.314. The quantitative estimate of drug-likeness (QED) is 0.519. The van der Waals surface area contributed by atoms with E-state index in [1.165, 1.54) is 23.5 Å². The standard InChI is InChI=1S/C26H28FN5O.C3H7NO/c1-15(28)22-11-16-4-3-9-30-24(16)21-8-7-19(27)10-18(21)14-33-23-12-17(13-31-26(23)29)25(22)32-20-5-2-6-20;1-4(2)3-5/h3-4,7-8,10,12-13,20,30H,2,5-6,9,11,14,28H2,1H3,(H2,29,31);3H,1-2H3/b22-15-,32-25?;. The van der Waals surface area contributed by atoms with E-state index in [1.807, 2.05) is 13.0 Å². The highest BCUT2D eigenvalue weighted by atomic mass is 19.1. The zero-order valence-corrected chi connectivity index (χ0v) is 22.1. The Bertz CT molecular complexity index is 1320. The number of fused-ring (bicyclic) bond motifs is 4. The molecule has 8 nitrogen and oxygen atoms in total. The first-order valence-electron chi connectivity index (χ1n) is 12.7. The minimum absolute atomic E-state index is 0.165. The molecule has 38 heavy (non-hydrogen) atoms. The molecule has 1 amide bonds. The normalized spacial score (nSPS) is 19.2. The molecular weight excluding hydrogens is 483 g/mol. The molecule has 1 aliphatic carbocycles. The number of hydrogen-bond acceptors (Lipinski definition) is 7. The molecule has 1 aromatic heterocycles. The lowest BCUT2D eigenvalue weighted by Gasteiger charge is -2.26. The molecule has 200 valence electrons. The van der Waals surface area contributed by atoms with Gasteiger partial charge in [-0.15, -0.1) is 0 Å². The molecule has 0 unspecified atom stereocenters. The molecule has 1 saturated carbocycles. The molecule has 0 saturated heterocycles. The Labute approximate surface area is 223 Å². The maximum atomic E-state index is 14.2. The number of hydrogen-bond donors (Lipinski definition) is 3. The SMILES string of the molecule is C/C(N)=C1\CC2=C(NCC=C2)c2ccc(F)cc2COc2cc(cnc2N)C1=NC1CCC1.CN(C)C=O. The van der Waals surface area contributed by atoms with Crippen LogP contribution in [0.4, 0.5) is 10.2 Å². The van der Waals surface area contributed by atoms with Crippen LogP contribution in [0.15, 0.2) is 64.5 Å². The van der Waals surface area contributed by atoms with Crippen LogP contribution in [0.5, 0.6) is 5.75 Å². The first kappa shape index (κ1) is 26.9. The van der Waals surface area contributed by atoms with E-state index in [4.69, 9.17) is 21.2 Å². The molecular formula is C29H35FN6O2. The Balaban J connectivity index is 0.000000617. The van der Waals surface area contributed by atoms with Gasteiger partial charge in [0.25, 0.3) is 0 Å². The number of benzene rings is 1. The zero-order valence-electron chi connectivity index (χ0n) is 22.1. The van der Waals surface area contributed by atoms with Crippen LogP contribution in [0, 0.1) is 5.82 Å². The van der Waals surface area contributed by atoms with Crippen molar-refractivity contribution in [1.82, 2.24) is 15.2 Å². The van der Waals surface area contributed by atoms with E-state index in [0.717, 1.165) is 58.5 Å². The topological polar surface area (TPSA) is 119 Å². The van der Waals surface area contributed by atoms with Gasteiger partial charge in [-0.2, -0.15) is 0 Å². The van der Waals surface area contributed by atoms with Crippen LogP contribution in [0.1, 0.15) is 49.3 Å².